The van der Waals surface area contributed by atoms with Crippen molar-refractivity contribution in [3.63, 3.8) is 0 Å². The Morgan fingerprint density at radius 3 is 2.33 bits per heavy atom. The van der Waals surface area contributed by atoms with E-state index in [1.165, 1.54) is 16.2 Å². The van der Waals surface area contributed by atoms with E-state index in [4.69, 9.17) is 0 Å². The van der Waals surface area contributed by atoms with Crippen LogP contribution in [0.25, 0.3) is 0 Å². The molecule has 3 atom stereocenters. The topological polar surface area (TPSA) is 95.5 Å². The smallest absolute Gasteiger partial charge is 0.307 e. The van der Waals surface area contributed by atoms with Gasteiger partial charge in [0.25, 0.3) is 5.91 Å². The summed E-state index contributed by atoms with van der Waals surface area (Å²) in [5.74, 6) is -1.82. The molecule has 2 saturated carbocycles. The molecule has 4 rings (SSSR count). The maximum atomic E-state index is 13.2. The second-order valence-corrected chi connectivity index (χ2v) is 10.4. The molecule has 1 aromatic heterocycles. The summed E-state index contributed by atoms with van der Waals surface area (Å²) in [6.07, 6.45) is 10.0. The highest BCUT2D eigenvalue weighted by molar-refractivity contribution is 7.17. The summed E-state index contributed by atoms with van der Waals surface area (Å²) in [6.45, 7) is 2.22. The number of thiophene rings is 1. The molecule has 3 aliphatic rings. The van der Waals surface area contributed by atoms with Crippen molar-refractivity contribution >= 4 is 34.1 Å². The third-order valence-corrected chi connectivity index (χ3v) is 8.26. The molecule has 3 N–H and O–H groups in total. The Balaban J connectivity index is 1.59. The van der Waals surface area contributed by atoms with Gasteiger partial charge in [-0.25, -0.2) is 0 Å². The number of fused-ring (bicyclic) bond motifs is 1. The first kappa shape index (κ1) is 21.3. The van der Waals surface area contributed by atoms with E-state index in [1.54, 1.807) is 0 Å². The van der Waals surface area contributed by atoms with Gasteiger partial charge in [-0.3, -0.25) is 14.4 Å². The average Bonchev–Trinajstić information content (AvgIpc) is 3.34. The van der Waals surface area contributed by atoms with Crippen LogP contribution in [0.15, 0.2) is 0 Å². The Morgan fingerprint density at radius 2 is 1.63 bits per heavy atom. The number of carboxylic acid groups (broad SMARTS) is 1. The molecule has 30 heavy (non-hydrogen) atoms. The summed E-state index contributed by atoms with van der Waals surface area (Å²) in [5, 5.41) is 16.3. The van der Waals surface area contributed by atoms with Gasteiger partial charge in [0.1, 0.15) is 5.00 Å². The lowest BCUT2D eigenvalue weighted by Gasteiger charge is -2.27. The summed E-state index contributed by atoms with van der Waals surface area (Å²) in [4.78, 5) is 39.1. The van der Waals surface area contributed by atoms with Gasteiger partial charge in [0.2, 0.25) is 5.91 Å². The minimum absolute atomic E-state index is 0.0809. The van der Waals surface area contributed by atoms with Crippen LogP contribution in [0.5, 0.6) is 0 Å². The van der Waals surface area contributed by atoms with E-state index in [-0.39, 0.29) is 17.9 Å². The summed E-state index contributed by atoms with van der Waals surface area (Å²) in [6, 6.07) is 0.217. The molecule has 0 spiro atoms. The number of rotatable bonds is 5. The van der Waals surface area contributed by atoms with Gasteiger partial charge in [-0.05, 0) is 56.4 Å². The highest BCUT2D eigenvalue weighted by atomic mass is 32.1. The first-order valence-electron chi connectivity index (χ1n) is 11.4. The number of hydrogen-bond acceptors (Lipinski definition) is 4. The molecule has 7 heteroatoms. The van der Waals surface area contributed by atoms with E-state index in [0.29, 0.717) is 29.3 Å². The van der Waals surface area contributed by atoms with Crippen molar-refractivity contribution in [2.45, 2.75) is 83.6 Å². The normalized spacial score (nSPS) is 26.8. The van der Waals surface area contributed by atoms with Crippen LogP contribution in [0.1, 0.15) is 85.5 Å². The Kier molecular flexibility index (Phi) is 6.46. The third-order valence-electron chi connectivity index (χ3n) is 7.09. The van der Waals surface area contributed by atoms with E-state index in [1.807, 2.05) is 0 Å². The number of carbonyl (C=O) groups is 3. The van der Waals surface area contributed by atoms with E-state index in [2.05, 4.69) is 17.6 Å². The molecular weight excluding hydrogens is 400 g/mol. The first-order valence-corrected chi connectivity index (χ1v) is 12.2. The summed E-state index contributed by atoms with van der Waals surface area (Å²) in [5.41, 5.74) is 1.71. The van der Waals surface area contributed by atoms with Crippen molar-refractivity contribution in [3.8, 4) is 0 Å². The van der Waals surface area contributed by atoms with Crippen LogP contribution in [0, 0.1) is 17.8 Å². The minimum atomic E-state index is -0.895. The van der Waals surface area contributed by atoms with Gasteiger partial charge < -0.3 is 15.7 Å². The van der Waals surface area contributed by atoms with Crippen LogP contribution in [0.3, 0.4) is 0 Å². The Morgan fingerprint density at radius 1 is 0.967 bits per heavy atom. The quantitative estimate of drug-likeness (QED) is 0.644. The highest BCUT2D eigenvalue weighted by Crippen LogP contribution is 2.41. The number of aliphatic carboxylic acids is 1. The second-order valence-electron chi connectivity index (χ2n) is 9.34. The third kappa shape index (κ3) is 4.41. The average molecular weight is 433 g/mol. The molecule has 3 aliphatic carbocycles. The molecule has 0 saturated heterocycles. The van der Waals surface area contributed by atoms with Crippen LogP contribution in [0.4, 0.5) is 5.00 Å². The fourth-order valence-electron chi connectivity index (χ4n) is 5.35. The van der Waals surface area contributed by atoms with E-state index < -0.39 is 17.8 Å². The van der Waals surface area contributed by atoms with Gasteiger partial charge in [0.05, 0.1) is 17.4 Å². The molecule has 0 aliphatic heterocycles. The van der Waals surface area contributed by atoms with Crippen molar-refractivity contribution in [3.05, 3.63) is 16.0 Å². The molecule has 2 fully saturated rings. The Labute approximate surface area is 181 Å². The maximum Gasteiger partial charge on any atom is 0.307 e. The molecule has 164 valence electrons. The van der Waals surface area contributed by atoms with Gasteiger partial charge in [-0.15, -0.1) is 11.3 Å². The molecule has 0 bridgehead atoms. The molecule has 1 heterocycles. The number of nitrogens with one attached hydrogen (secondary N) is 2. The molecular formula is C23H32N2O4S. The number of amides is 2. The lowest BCUT2D eigenvalue weighted by Crippen LogP contribution is -2.37. The molecule has 0 radical (unpaired) electrons. The zero-order valence-corrected chi connectivity index (χ0v) is 18.5. The SMILES string of the molecule is CC1CCc2c(sc(NC(=O)C3CCCCC3C(=O)O)c2C(=O)NC2CCCC2)C1. The first-order chi connectivity index (χ1) is 14.4. The molecule has 1 aromatic rings. The van der Waals surface area contributed by atoms with Crippen molar-refractivity contribution in [1.29, 1.82) is 0 Å². The molecule has 6 nitrogen and oxygen atoms in total. The predicted molar refractivity (Wildman–Crippen MR) is 117 cm³/mol. The van der Waals surface area contributed by atoms with Crippen molar-refractivity contribution in [2.75, 3.05) is 5.32 Å². The maximum absolute atomic E-state index is 13.2. The summed E-state index contributed by atoms with van der Waals surface area (Å²) in [7, 11) is 0. The Hall–Kier alpha value is -1.89. The number of carboxylic acids is 1. The number of hydrogen-bond donors (Lipinski definition) is 3. The minimum Gasteiger partial charge on any atom is -0.481 e. The van der Waals surface area contributed by atoms with Crippen molar-refractivity contribution in [1.82, 2.24) is 5.32 Å². The molecule has 2 amide bonds. The molecule has 3 unspecified atom stereocenters. The van der Waals surface area contributed by atoms with Gasteiger partial charge in [0.15, 0.2) is 0 Å². The van der Waals surface area contributed by atoms with Crippen LogP contribution >= 0.6 is 11.3 Å². The lowest BCUT2D eigenvalue weighted by atomic mass is 9.78. The van der Waals surface area contributed by atoms with Gasteiger partial charge >= 0.3 is 5.97 Å². The van der Waals surface area contributed by atoms with Crippen molar-refractivity contribution < 1.29 is 19.5 Å². The predicted octanol–water partition coefficient (Wildman–Crippen LogP) is 4.37. The largest absolute Gasteiger partial charge is 0.481 e. The fourth-order valence-corrected chi connectivity index (χ4v) is 6.76. The summed E-state index contributed by atoms with van der Waals surface area (Å²) >= 11 is 1.51. The van der Waals surface area contributed by atoms with E-state index >= 15 is 0 Å². The second kappa shape index (κ2) is 9.08. The number of carbonyl (C=O) groups excluding carboxylic acids is 2. The van der Waals surface area contributed by atoms with Crippen LogP contribution in [-0.4, -0.2) is 28.9 Å². The zero-order valence-electron chi connectivity index (χ0n) is 17.7. The van der Waals surface area contributed by atoms with Gasteiger partial charge in [-0.1, -0.05) is 32.6 Å². The standard InChI is InChI=1S/C23H32N2O4S/c1-13-10-11-17-18(12-13)30-22(19(17)21(27)24-14-6-2-3-7-14)25-20(26)15-8-4-5-9-16(15)23(28)29/h13-16H,2-12H2,1H3,(H,24,27)(H,25,26)(H,28,29). The highest BCUT2D eigenvalue weighted by Gasteiger charge is 2.37. The van der Waals surface area contributed by atoms with Crippen LogP contribution < -0.4 is 10.6 Å². The zero-order chi connectivity index (χ0) is 21.3. The van der Waals surface area contributed by atoms with E-state index in [0.717, 1.165) is 63.4 Å². The van der Waals surface area contributed by atoms with Crippen LogP contribution in [-0.2, 0) is 22.4 Å². The van der Waals surface area contributed by atoms with Crippen molar-refractivity contribution in [2.24, 2.45) is 17.8 Å². The van der Waals surface area contributed by atoms with E-state index in [9.17, 15) is 19.5 Å². The molecule has 0 aromatic carbocycles. The van der Waals surface area contributed by atoms with Crippen LogP contribution in [0.2, 0.25) is 0 Å². The lowest BCUT2D eigenvalue weighted by molar-refractivity contribution is -0.147. The number of anilines is 1. The van der Waals surface area contributed by atoms with Gasteiger partial charge in [0, 0.05) is 10.9 Å². The summed E-state index contributed by atoms with van der Waals surface area (Å²) < 4.78 is 0. The van der Waals surface area contributed by atoms with Gasteiger partial charge in [-0.2, -0.15) is 0 Å². The monoisotopic (exact) mass is 432 g/mol. The Bertz CT molecular complexity index is 827. The fraction of sp³-hybridized carbons (Fsp3) is 0.696.